The van der Waals surface area contributed by atoms with Crippen LogP contribution in [0.15, 0.2) is 0 Å². The lowest BCUT2D eigenvalue weighted by molar-refractivity contribution is 0.0990. The summed E-state index contributed by atoms with van der Waals surface area (Å²) in [5.41, 5.74) is -0.175. The first-order chi connectivity index (χ1) is 3.81. The van der Waals surface area contributed by atoms with Gasteiger partial charge in [-0.2, -0.15) is 11.8 Å². The van der Waals surface area contributed by atoms with Crippen LogP contribution in [0.1, 0.15) is 12.8 Å². The van der Waals surface area contributed by atoms with Crippen LogP contribution in [0.2, 0.25) is 0 Å². The van der Waals surface area contributed by atoms with Crippen LogP contribution in [0, 0.1) is 5.92 Å². The van der Waals surface area contributed by atoms with Gasteiger partial charge >= 0.3 is 0 Å². The average molecular weight is 130 g/mol. The predicted molar refractivity (Wildman–Crippen MR) is 35.0 cm³/mol. The average Bonchev–Trinajstić information content (AvgIpc) is 2.12. The van der Waals surface area contributed by atoms with Gasteiger partial charge in [-0.1, -0.05) is 0 Å². The fraction of sp³-hybridized carbons (Fsp3) is 1.00. The molecule has 1 heterocycles. The van der Waals surface area contributed by atoms with E-state index in [2.05, 4.69) is 0 Å². The van der Waals surface area contributed by atoms with Crippen LogP contribution in [0.3, 0.4) is 0 Å². The van der Waals surface area contributed by atoms with Gasteiger partial charge in [-0.05, 0) is 24.3 Å². The Labute approximate surface area is 53.5 Å². The molecule has 0 aromatic heterocycles. The Kier molecular flexibility index (Phi) is 0.910. The molecule has 1 aliphatic carbocycles. The molecule has 0 amide bonds. The van der Waals surface area contributed by atoms with E-state index in [1.54, 1.807) is 0 Å². The normalized spacial score (nSPS) is 34.1. The van der Waals surface area contributed by atoms with Gasteiger partial charge in [-0.15, -0.1) is 0 Å². The van der Waals surface area contributed by atoms with Crippen LogP contribution in [0.5, 0.6) is 0 Å². The van der Waals surface area contributed by atoms with Crippen LogP contribution in [0.4, 0.5) is 0 Å². The lowest BCUT2D eigenvalue weighted by Gasteiger charge is -2.29. The molecule has 0 bridgehead atoms. The molecule has 1 N–H and O–H groups in total. The minimum Gasteiger partial charge on any atom is -0.390 e. The zero-order chi connectivity index (χ0) is 5.61. The molecule has 0 atom stereocenters. The summed E-state index contributed by atoms with van der Waals surface area (Å²) >= 11 is 1.95. The zero-order valence-corrected chi connectivity index (χ0v) is 5.58. The summed E-state index contributed by atoms with van der Waals surface area (Å²) in [5.74, 6) is 3.07. The Hall–Kier alpha value is 0.310. The Balaban J connectivity index is 1.95. The van der Waals surface area contributed by atoms with Gasteiger partial charge < -0.3 is 5.11 Å². The van der Waals surface area contributed by atoms with Gasteiger partial charge in [-0.3, -0.25) is 0 Å². The molecule has 1 saturated carbocycles. The Bertz CT molecular complexity index is 105. The second-order valence-electron chi connectivity index (χ2n) is 2.84. The largest absolute Gasteiger partial charge is 0.390 e. The van der Waals surface area contributed by atoms with E-state index in [-0.39, 0.29) is 5.60 Å². The Morgan fingerprint density at radius 1 is 1.38 bits per heavy atom. The Morgan fingerprint density at radius 3 is 2.12 bits per heavy atom. The van der Waals surface area contributed by atoms with E-state index in [9.17, 15) is 5.11 Å². The Morgan fingerprint density at radius 2 is 2.00 bits per heavy atom. The molecule has 0 aromatic rings. The van der Waals surface area contributed by atoms with E-state index in [0.717, 1.165) is 12.8 Å². The highest BCUT2D eigenvalue weighted by Gasteiger charge is 2.49. The van der Waals surface area contributed by atoms with Crippen LogP contribution >= 0.6 is 11.8 Å². The zero-order valence-electron chi connectivity index (χ0n) is 4.76. The van der Waals surface area contributed by atoms with E-state index < -0.39 is 0 Å². The number of rotatable bonds is 1. The highest BCUT2D eigenvalue weighted by molar-refractivity contribution is 8.00. The van der Waals surface area contributed by atoms with E-state index >= 15 is 0 Å². The molecule has 0 unspecified atom stereocenters. The minimum atomic E-state index is -0.175. The van der Waals surface area contributed by atoms with Gasteiger partial charge in [0.1, 0.15) is 0 Å². The van der Waals surface area contributed by atoms with Gasteiger partial charge in [0.25, 0.3) is 0 Å². The third-order valence-electron chi connectivity index (χ3n) is 2.16. The van der Waals surface area contributed by atoms with E-state index in [1.807, 2.05) is 11.8 Å². The first-order valence-corrected chi connectivity index (χ1v) is 4.27. The van der Waals surface area contributed by atoms with E-state index in [0.29, 0.717) is 5.92 Å². The van der Waals surface area contributed by atoms with Gasteiger partial charge in [-0.25, -0.2) is 0 Å². The molecule has 2 fully saturated rings. The summed E-state index contributed by atoms with van der Waals surface area (Å²) in [6, 6.07) is 0. The molecule has 2 heteroatoms. The molecule has 0 radical (unpaired) electrons. The molecule has 2 aliphatic rings. The van der Waals surface area contributed by atoms with Crippen molar-refractivity contribution in [2.24, 2.45) is 5.92 Å². The molecule has 0 spiro atoms. The first kappa shape index (κ1) is 5.12. The standard InChI is InChI=1S/C6H10OS/c7-6(1-2-6)5-3-8-4-5/h5,7H,1-4H2. The smallest absolute Gasteiger partial charge is 0.0693 e. The predicted octanol–water partition coefficient (Wildman–Crippen LogP) is 0.874. The summed E-state index contributed by atoms with van der Waals surface area (Å²) in [6.45, 7) is 0. The summed E-state index contributed by atoms with van der Waals surface area (Å²) in [5, 5.41) is 9.44. The third kappa shape index (κ3) is 0.594. The van der Waals surface area contributed by atoms with Crippen LogP contribution in [0.25, 0.3) is 0 Å². The van der Waals surface area contributed by atoms with Crippen molar-refractivity contribution >= 4 is 11.8 Å². The van der Waals surface area contributed by atoms with Crippen molar-refractivity contribution in [1.29, 1.82) is 0 Å². The van der Waals surface area contributed by atoms with Crippen LogP contribution < -0.4 is 0 Å². The fourth-order valence-electron chi connectivity index (χ4n) is 1.08. The maximum Gasteiger partial charge on any atom is 0.0693 e. The number of aliphatic hydroxyl groups is 1. The third-order valence-corrected chi connectivity index (χ3v) is 3.44. The maximum atomic E-state index is 9.44. The first-order valence-electron chi connectivity index (χ1n) is 3.11. The van der Waals surface area contributed by atoms with Crippen molar-refractivity contribution in [3.05, 3.63) is 0 Å². The second-order valence-corrected chi connectivity index (χ2v) is 3.91. The van der Waals surface area contributed by atoms with E-state index in [4.69, 9.17) is 0 Å². The minimum absolute atomic E-state index is 0.175. The summed E-state index contributed by atoms with van der Waals surface area (Å²) in [7, 11) is 0. The van der Waals surface area contributed by atoms with Gasteiger partial charge in [0.2, 0.25) is 0 Å². The molecular formula is C6H10OS. The molecule has 1 aliphatic heterocycles. The van der Waals surface area contributed by atoms with Crippen molar-refractivity contribution in [2.75, 3.05) is 11.5 Å². The van der Waals surface area contributed by atoms with Crippen molar-refractivity contribution in [1.82, 2.24) is 0 Å². The molecule has 8 heavy (non-hydrogen) atoms. The molecule has 1 saturated heterocycles. The number of hydrogen-bond acceptors (Lipinski definition) is 2. The van der Waals surface area contributed by atoms with Crippen molar-refractivity contribution in [2.45, 2.75) is 18.4 Å². The molecule has 46 valence electrons. The summed E-state index contributed by atoms with van der Waals surface area (Å²) in [4.78, 5) is 0. The van der Waals surface area contributed by atoms with Crippen LogP contribution in [-0.2, 0) is 0 Å². The number of hydrogen-bond donors (Lipinski definition) is 1. The molecule has 2 rings (SSSR count). The van der Waals surface area contributed by atoms with Crippen LogP contribution in [-0.4, -0.2) is 22.2 Å². The van der Waals surface area contributed by atoms with Crippen molar-refractivity contribution in [3.63, 3.8) is 0 Å². The maximum absolute atomic E-state index is 9.44. The molecule has 1 nitrogen and oxygen atoms in total. The number of thioether (sulfide) groups is 1. The molecule has 0 aromatic carbocycles. The monoisotopic (exact) mass is 130 g/mol. The van der Waals surface area contributed by atoms with E-state index in [1.165, 1.54) is 11.5 Å². The highest BCUT2D eigenvalue weighted by atomic mass is 32.2. The van der Waals surface area contributed by atoms with Crippen molar-refractivity contribution < 1.29 is 5.11 Å². The lowest BCUT2D eigenvalue weighted by atomic mass is 10.0. The van der Waals surface area contributed by atoms with Crippen molar-refractivity contribution in [3.8, 4) is 0 Å². The van der Waals surface area contributed by atoms with Gasteiger partial charge in [0.05, 0.1) is 5.60 Å². The quantitative estimate of drug-likeness (QED) is 0.568. The van der Waals surface area contributed by atoms with Gasteiger partial charge in [0, 0.05) is 5.92 Å². The molecular weight excluding hydrogens is 120 g/mol. The summed E-state index contributed by atoms with van der Waals surface area (Å²) in [6.07, 6.45) is 2.14. The summed E-state index contributed by atoms with van der Waals surface area (Å²) < 4.78 is 0. The lowest BCUT2D eigenvalue weighted by Crippen LogP contribution is -2.33. The fourth-order valence-corrected chi connectivity index (χ4v) is 2.17. The second kappa shape index (κ2) is 1.42. The topological polar surface area (TPSA) is 20.2 Å². The van der Waals surface area contributed by atoms with Gasteiger partial charge in [0.15, 0.2) is 0 Å². The SMILES string of the molecule is OC1(C2CSC2)CC1. The highest BCUT2D eigenvalue weighted by Crippen LogP contribution is 2.48.